The summed E-state index contributed by atoms with van der Waals surface area (Å²) in [5, 5.41) is 24.6. The third kappa shape index (κ3) is 5.44. The van der Waals surface area contributed by atoms with E-state index in [0.29, 0.717) is 0 Å². The first-order chi connectivity index (χ1) is 22.8. The summed E-state index contributed by atoms with van der Waals surface area (Å²) in [6.45, 7) is 10.4. The Balaban J connectivity index is 1.91. The predicted molar refractivity (Wildman–Crippen MR) is 165 cm³/mol. The van der Waals surface area contributed by atoms with Crippen molar-refractivity contribution in [2.45, 2.75) is 96.1 Å². The van der Waals surface area contributed by atoms with Crippen molar-refractivity contribution in [2.24, 2.45) is 22.7 Å². The summed E-state index contributed by atoms with van der Waals surface area (Å²) in [5.74, 6) is -7.53. The first-order valence-electron chi connectivity index (χ1n) is 16.0. The molecule has 266 valence electrons. The monoisotopic (exact) mass is 686 g/mol. The molecule has 1 unspecified atom stereocenters. The van der Waals surface area contributed by atoms with Crippen molar-refractivity contribution in [3.63, 3.8) is 0 Å². The van der Waals surface area contributed by atoms with E-state index in [4.69, 9.17) is 28.4 Å². The topological polar surface area (TPSA) is 198 Å². The van der Waals surface area contributed by atoms with Crippen molar-refractivity contribution in [3.8, 4) is 0 Å². The van der Waals surface area contributed by atoms with Crippen molar-refractivity contribution in [2.75, 3.05) is 13.2 Å². The van der Waals surface area contributed by atoms with Gasteiger partial charge in [-0.15, -0.1) is 0 Å². The van der Waals surface area contributed by atoms with Gasteiger partial charge in [0.2, 0.25) is 0 Å². The lowest BCUT2D eigenvalue weighted by Gasteiger charge is -2.65. The predicted octanol–water partition coefficient (Wildman–Crippen LogP) is 1.62. The second-order valence-electron chi connectivity index (χ2n) is 13.8. The molecule has 3 saturated carbocycles. The van der Waals surface area contributed by atoms with Crippen LogP contribution >= 0.6 is 0 Å². The van der Waals surface area contributed by atoms with Crippen molar-refractivity contribution in [3.05, 3.63) is 48.0 Å². The Bertz CT molecular complexity index is 1570. The highest BCUT2D eigenvalue weighted by atomic mass is 16.6. The number of Topliss-reactive ketones (excluding diaryl/α,β-unsaturated/α-hetero) is 1. The normalized spacial score (nSPS) is 39.4. The molecule has 11 atom stereocenters. The summed E-state index contributed by atoms with van der Waals surface area (Å²) in [5.41, 5.74) is -8.00. The highest BCUT2D eigenvalue weighted by molar-refractivity contribution is 5.91. The van der Waals surface area contributed by atoms with Gasteiger partial charge in [-0.3, -0.25) is 24.0 Å². The van der Waals surface area contributed by atoms with Gasteiger partial charge in [0.1, 0.15) is 24.4 Å². The largest absolute Gasteiger partial charge is 0.462 e. The Morgan fingerprint density at radius 2 is 1.47 bits per heavy atom. The lowest BCUT2D eigenvalue weighted by molar-refractivity contribution is -0.302. The van der Waals surface area contributed by atoms with Gasteiger partial charge in [-0.1, -0.05) is 31.7 Å². The molecule has 1 aliphatic heterocycles. The fraction of sp³-hybridized carbons (Fsp3) is 0.600. The molecule has 14 heteroatoms. The van der Waals surface area contributed by atoms with E-state index in [9.17, 15) is 39.0 Å². The summed E-state index contributed by atoms with van der Waals surface area (Å²) in [4.78, 5) is 79.4. The van der Waals surface area contributed by atoms with E-state index in [1.54, 1.807) is 25.1 Å². The van der Waals surface area contributed by atoms with Crippen LogP contribution in [-0.2, 0) is 52.4 Å². The zero-order valence-corrected chi connectivity index (χ0v) is 28.3. The second kappa shape index (κ2) is 12.6. The van der Waals surface area contributed by atoms with Crippen LogP contribution in [0, 0.1) is 22.7 Å². The number of aliphatic hydroxyl groups is 2. The van der Waals surface area contributed by atoms with E-state index in [-0.39, 0.29) is 30.6 Å². The van der Waals surface area contributed by atoms with E-state index in [1.165, 1.54) is 19.1 Å². The molecular formula is C35H42O14. The van der Waals surface area contributed by atoms with E-state index >= 15 is 0 Å². The zero-order valence-electron chi connectivity index (χ0n) is 28.3. The fourth-order valence-electron chi connectivity index (χ4n) is 8.86. The molecule has 0 spiro atoms. The Labute approximate surface area is 283 Å². The lowest BCUT2D eigenvalue weighted by Crippen LogP contribution is -2.81. The molecule has 1 aromatic carbocycles. The smallest absolute Gasteiger partial charge is 0.338 e. The van der Waals surface area contributed by atoms with Gasteiger partial charge < -0.3 is 38.6 Å². The molecule has 3 aliphatic carbocycles. The minimum Gasteiger partial charge on any atom is -0.462 e. The number of benzene rings is 1. The Morgan fingerprint density at radius 1 is 0.898 bits per heavy atom. The number of hydrogen-bond donors (Lipinski definition) is 2. The number of ether oxygens (including phenoxy) is 6. The Kier molecular flexibility index (Phi) is 9.32. The van der Waals surface area contributed by atoms with Crippen LogP contribution in [0.4, 0.5) is 0 Å². The third-order valence-electron chi connectivity index (χ3n) is 11.1. The number of carbonyl (C=O) groups excluding carboxylic acids is 6. The average molecular weight is 687 g/mol. The standard InChI is InChI=1S/C35H42O14/c1-17-24(40)14-26(46-18(2)36)34(16-44-31(42)22-11-9-8-10-12-22)27(17)28(47-19(3)37)23-13-25(41)33(7)35(43,32(23,6)15-45-33)30(49-21(5)39)29(34)48-20(4)38/h8-12,23-24,26-30,40,43H,1,13-16H2,2-7H3/t23-,24-,26-,27?,28+,29-,30-,32+,33-,34+,35-/m0/s1. The van der Waals surface area contributed by atoms with Gasteiger partial charge >= 0.3 is 29.8 Å². The van der Waals surface area contributed by atoms with Gasteiger partial charge in [0, 0.05) is 57.8 Å². The minimum atomic E-state index is -2.48. The number of rotatable bonds is 7. The Hall–Kier alpha value is -4.14. The van der Waals surface area contributed by atoms with Gasteiger partial charge in [0.05, 0.1) is 23.7 Å². The van der Waals surface area contributed by atoms with Gasteiger partial charge in [-0.05, 0) is 24.6 Å². The van der Waals surface area contributed by atoms with Crippen LogP contribution in [0.1, 0.15) is 64.7 Å². The SMILES string of the molecule is C=C1C2[C@H](OC(C)=O)[C@@H]3CC(=O)[C@]4(C)OC[C@@]3(C)[C@@]4(O)[C@@H](OC(C)=O)[C@H](OC(C)=O)[C@]2(COC(=O)c2ccccc2)[C@@H](OC(C)=O)C[C@@H]1O. The summed E-state index contributed by atoms with van der Waals surface area (Å²) < 4.78 is 35.8. The van der Waals surface area contributed by atoms with E-state index in [2.05, 4.69) is 6.58 Å². The minimum absolute atomic E-state index is 0.0119. The number of carbonyl (C=O) groups is 6. The van der Waals surface area contributed by atoms with Crippen LogP contribution in [0.15, 0.2) is 42.5 Å². The van der Waals surface area contributed by atoms with Gasteiger partial charge in [-0.25, -0.2) is 4.79 Å². The number of aliphatic hydroxyl groups excluding tert-OH is 1. The second-order valence-corrected chi connectivity index (χ2v) is 13.8. The molecule has 0 radical (unpaired) electrons. The number of hydrogen-bond acceptors (Lipinski definition) is 14. The summed E-state index contributed by atoms with van der Waals surface area (Å²) >= 11 is 0. The summed E-state index contributed by atoms with van der Waals surface area (Å²) in [7, 11) is 0. The molecular weight excluding hydrogens is 644 g/mol. The molecule has 1 aromatic rings. The van der Waals surface area contributed by atoms with Crippen LogP contribution in [-0.4, -0.2) is 101 Å². The maximum absolute atomic E-state index is 14.1. The Morgan fingerprint density at radius 3 is 2.04 bits per heavy atom. The highest BCUT2D eigenvalue weighted by Crippen LogP contribution is 2.67. The number of ketones is 1. The van der Waals surface area contributed by atoms with Crippen molar-refractivity contribution < 1.29 is 67.4 Å². The maximum Gasteiger partial charge on any atom is 0.338 e. The van der Waals surface area contributed by atoms with Crippen molar-refractivity contribution >= 4 is 35.6 Å². The lowest BCUT2D eigenvalue weighted by atomic mass is 9.43. The molecule has 4 aliphatic rings. The molecule has 5 rings (SSSR count). The van der Waals surface area contributed by atoms with Crippen molar-refractivity contribution in [1.29, 1.82) is 0 Å². The van der Waals surface area contributed by atoms with Crippen LogP contribution in [0.5, 0.6) is 0 Å². The molecule has 49 heavy (non-hydrogen) atoms. The van der Waals surface area contributed by atoms with E-state index < -0.39 is 107 Å². The van der Waals surface area contributed by atoms with Crippen LogP contribution in [0.3, 0.4) is 0 Å². The maximum atomic E-state index is 14.1. The molecule has 0 amide bonds. The first kappa shape index (κ1) is 36.1. The fourth-order valence-corrected chi connectivity index (χ4v) is 8.86. The average Bonchev–Trinajstić information content (AvgIpc) is 3.16. The van der Waals surface area contributed by atoms with Crippen LogP contribution in [0.2, 0.25) is 0 Å². The summed E-state index contributed by atoms with van der Waals surface area (Å²) in [6, 6.07) is 7.88. The zero-order chi connectivity index (χ0) is 36.3. The van der Waals surface area contributed by atoms with E-state index in [0.717, 1.165) is 27.7 Å². The molecule has 0 aromatic heterocycles. The van der Waals surface area contributed by atoms with Crippen LogP contribution in [0.25, 0.3) is 0 Å². The third-order valence-corrected chi connectivity index (χ3v) is 11.1. The number of esters is 5. The van der Waals surface area contributed by atoms with Crippen LogP contribution < -0.4 is 0 Å². The molecule has 4 bridgehead atoms. The highest BCUT2D eigenvalue weighted by Gasteiger charge is 2.83. The molecule has 2 N–H and O–H groups in total. The molecule has 14 nitrogen and oxygen atoms in total. The first-order valence-corrected chi connectivity index (χ1v) is 16.0. The van der Waals surface area contributed by atoms with E-state index in [1.807, 2.05) is 0 Å². The van der Waals surface area contributed by atoms with Gasteiger partial charge in [-0.2, -0.15) is 0 Å². The molecule has 4 fully saturated rings. The van der Waals surface area contributed by atoms with Gasteiger partial charge in [0.15, 0.2) is 23.6 Å². The quantitative estimate of drug-likeness (QED) is 0.238. The number of fused-ring (bicyclic) bond motifs is 1. The summed E-state index contributed by atoms with van der Waals surface area (Å²) in [6.07, 6.45) is -8.88. The molecule has 1 heterocycles. The van der Waals surface area contributed by atoms with Gasteiger partial charge in [0.25, 0.3) is 0 Å². The molecule has 1 saturated heterocycles. The van der Waals surface area contributed by atoms with Crippen molar-refractivity contribution in [1.82, 2.24) is 0 Å².